The normalized spacial score (nSPS) is 23.2. The Kier molecular flexibility index (Phi) is 4.73. The summed E-state index contributed by atoms with van der Waals surface area (Å²) in [4.78, 5) is 10.3. The van der Waals surface area contributed by atoms with E-state index in [4.69, 9.17) is 5.11 Å². The third-order valence-corrected chi connectivity index (χ3v) is 4.73. The zero-order chi connectivity index (χ0) is 12.2. The van der Waals surface area contributed by atoms with E-state index in [9.17, 15) is 13.2 Å². The Balaban J connectivity index is 2.46. The summed E-state index contributed by atoms with van der Waals surface area (Å²) in [6.45, 7) is 3.20. The first-order chi connectivity index (χ1) is 7.42. The highest BCUT2D eigenvalue weighted by atomic mass is 32.2. The van der Waals surface area contributed by atoms with Crippen LogP contribution in [0.5, 0.6) is 0 Å². The van der Waals surface area contributed by atoms with Crippen LogP contribution in [0.15, 0.2) is 0 Å². The number of carboxylic acids is 1. The van der Waals surface area contributed by atoms with Gasteiger partial charge in [0.15, 0.2) is 0 Å². The van der Waals surface area contributed by atoms with Crippen LogP contribution < -0.4 is 0 Å². The number of rotatable bonds is 5. The van der Waals surface area contributed by atoms with Gasteiger partial charge in [-0.2, -0.15) is 0 Å². The molecule has 0 saturated carbocycles. The van der Waals surface area contributed by atoms with Crippen LogP contribution in [0.1, 0.15) is 32.6 Å². The molecule has 1 saturated heterocycles. The molecule has 0 aromatic carbocycles. The van der Waals surface area contributed by atoms with E-state index < -0.39 is 16.0 Å². The van der Waals surface area contributed by atoms with Gasteiger partial charge in [0.1, 0.15) is 0 Å². The molecule has 0 radical (unpaired) electrons. The molecule has 16 heavy (non-hydrogen) atoms. The number of carbonyl (C=O) groups is 1. The van der Waals surface area contributed by atoms with E-state index in [1.165, 1.54) is 4.31 Å². The topological polar surface area (TPSA) is 74.7 Å². The van der Waals surface area contributed by atoms with E-state index >= 15 is 0 Å². The lowest BCUT2D eigenvalue weighted by Crippen LogP contribution is -2.40. The fourth-order valence-electron chi connectivity index (χ4n) is 1.93. The maximum absolute atomic E-state index is 11.8. The number of nitrogens with zero attached hydrogens (tertiary/aromatic N) is 1. The van der Waals surface area contributed by atoms with Crippen molar-refractivity contribution in [1.29, 1.82) is 0 Å². The molecule has 1 unspecified atom stereocenters. The molecule has 94 valence electrons. The first-order valence-electron chi connectivity index (χ1n) is 5.61. The molecular weight excluding hydrogens is 230 g/mol. The van der Waals surface area contributed by atoms with Crippen molar-refractivity contribution in [1.82, 2.24) is 4.31 Å². The Morgan fingerprint density at radius 3 is 2.75 bits per heavy atom. The Morgan fingerprint density at radius 1 is 1.50 bits per heavy atom. The molecule has 1 aliphatic heterocycles. The summed E-state index contributed by atoms with van der Waals surface area (Å²) in [6.07, 6.45) is 2.09. The molecule has 0 bridgehead atoms. The summed E-state index contributed by atoms with van der Waals surface area (Å²) in [7, 11) is -3.24. The second-order valence-electron chi connectivity index (χ2n) is 4.42. The molecule has 6 heteroatoms. The number of carboxylic acid groups (broad SMARTS) is 1. The lowest BCUT2D eigenvalue weighted by Gasteiger charge is -2.29. The second-order valence-corrected chi connectivity index (χ2v) is 6.51. The molecule has 0 amide bonds. The smallest absolute Gasteiger partial charge is 0.303 e. The van der Waals surface area contributed by atoms with Gasteiger partial charge >= 0.3 is 5.97 Å². The number of sulfonamides is 1. The fourth-order valence-corrected chi connectivity index (χ4v) is 3.59. The highest BCUT2D eigenvalue weighted by molar-refractivity contribution is 7.89. The quantitative estimate of drug-likeness (QED) is 0.786. The monoisotopic (exact) mass is 249 g/mol. The minimum atomic E-state index is -3.24. The molecule has 0 aliphatic carbocycles. The lowest BCUT2D eigenvalue weighted by molar-refractivity contribution is -0.137. The fraction of sp³-hybridized carbons (Fsp3) is 0.900. The van der Waals surface area contributed by atoms with Crippen LogP contribution in [0, 0.1) is 5.92 Å². The predicted octanol–water partition coefficient (Wildman–Crippen LogP) is 0.913. The number of hydrogen-bond donors (Lipinski definition) is 1. The Labute approximate surface area is 96.5 Å². The van der Waals surface area contributed by atoms with Gasteiger partial charge in [-0.05, 0) is 25.2 Å². The average Bonchev–Trinajstić information content (AvgIpc) is 2.16. The first-order valence-corrected chi connectivity index (χ1v) is 7.22. The van der Waals surface area contributed by atoms with Crippen molar-refractivity contribution in [3.05, 3.63) is 0 Å². The standard InChI is InChI=1S/C10H19NO4S/c1-9-4-2-6-11(8-9)16(14,15)7-3-5-10(12)13/h9H,2-8H2,1H3,(H,12,13). The molecule has 0 spiro atoms. The SMILES string of the molecule is CC1CCCN(S(=O)(=O)CCCC(=O)O)C1. The molecule has 1 heterocycles. The van der Waals surface area contributed by atoms with Gasteiger partial charge in [-0.1, -0.05) is 6.92 Å². The van der Waals surface area contributed by atoms with Crippen molar-refractivity contribution in [2.45, 2.75) is 32.6 Å². The van der Waals surface area contributed by atoms with Crippen LogP contribution in [0.2, 0.25) is 0 Å². The third-order valence-electron chi connectivity index (χ3n) is 2.81. The maximum Gasteiger partial charge on any atom is 0.303 e. The zero-order valence-corrected chi connectivity index (χ0v) is 10.4. The molecule has 5 nitrogen and oxygen atoms in total. The van der Waals surface area contributed by atoms with Crippen LogP contribution in [0.4, 0.5) is 0 Å². The maximum atomic E-state index is 11.8. The van der Waals surface area contributed by atoms with Crippen LogP contribution in [-0.4, -0.2) is 42.6 Å². The van der Waals surface area contributed by atoms with Crippen molar-refractivity contribution in [2.75, 3.05) is 18.8 Å². The molecule has 0 aromatic rings. The van der Waals surface area contributed by atoms with E-state index in [0.29, 0.717) is 19.0 Å². The highest BCUT2D eigenvalue weighted by Gasteiger charge is 2.26. The van der Waals surface area contributed by atoms with Gasteiger partial charge in [0.25, 0.3) is 0 Å². The van der Waals surface area contributed by atoms with Crippen LogP contribution in [0.25, 0.3) is 0 Å². The summed E-state index contributed by atoms with van der Waals surface area (Å²) in [5.74, 6) is -0.586. The van der Waals surface area contributed by atoms with Crippen molar-refractivity contribution < 1.29 is 18.3 Å². The molecule has 1 aliphatic rings. The predicted molar refractivity (Wildman–Crippen MR) is 60.6 cm³/mol. The summed E-state index contributed by atoms with van der Waals surface area (Å²) >= 11 is 0. The Hall–Kier alpha value is -0.620. The van der Waals surface area contributed by atoms with Crippen molar-refractivity contribution in [2.24, 2.45) is 5.92 Å². The van der Waals surface area contributed by atoms with E-state index in [-0.39, 0.29) is 18.6 Å². The minimum absolute atomic E-state index is 0.0496. The van der Waals surface area contributed by atoms with Gasteiger partial charge in [-0.3, -0.25) is 4.79 Å². The summed E-state index contributed by atoms with van der Waals surface area (Å²) in [5.41, 5.74) is 0. The van der Waals surface area contributed by atoms with Crippen LogP contribution in [-0.2, 0) is 14.8 Å². The largest absolute Gasteiger partial charge is 0.481 e. The lowest BCUT2D eigenvalue weighted by atomic mass is 10.0. The molecule has 1 fully saturated rings. The van der Waals surface area contributed by atoms with E-state index in [2.05, 4.69) is 0 Å². The molecule has 0 aromatic heterocycles. The van der Waals surface area contributed by atoms with E-state index in [0.717, 1.165) is 12.8 Å². The van der Waals surface area contributed by atoms with Gasteiger partial charge in [-0.15, -0.1) is 0 Å². The summed E-state index contributed by atoms with van der Waals surface area (Å²) < 4.78 is 25.2. The second kappa shape index (κ2) is 5.63. The van der Waals surface area contributed by atoms with Gasteiger partial charge in [0.05, 0.1) is 5.75 Å². The first kappa shape index (κ1) is 13.4. The molecular formula is C10H19NO4S. The summed E-state index contributed by atoms with van der Waals surface area (Å²) in [6, 6.07) is 0. The minimum Gasteiger partial charge on any atom is -0.481 e. The molecule has 1 N–H and O–H groups in total. The van der Waals surface area contributed by atoms with Crippen LogP contribution >= 0.6 is 0 Å². The van der Waals surface area contributed by atoms with Crippen molar-refractivity contribution >= 4 is 16.0 Å². The van der Waals surface area contributed by atoms with Crippen LogP contribution in [0.3, 0.4) is 0 Å². The molecule has 1 rings (SSSR count). The molecule has 1 atom stereocenters. The van der Waals surface area contributed by atoms with Gasteiger partial charge in [-0.25, -0.2) is 12.7 Å². The number of aliphatic carboxylic acids is 1. The Bertz CT molecular complexity index is 339. The van der Waals surface area contributed by atoms with E-state index in [1.54, 1.807) is 0 Å². The van der Waals surface area contributed by atoms with Gasteiger partial charge in [0, 0.05) is 19.5 Å². The van der Waals surface area contributed by atoms with E-state index in [1.807, 2.05) is 6.92 Å². The highest BCUT2D eigenvalue weighted by Crippen LogP contribution is 2.19. The van der Waals surface area contributed by atoms with Gasteiger partial charge < -0.3 is 5.11 Å². The van der Waals surface area contributed by atoms with Crippen molar-refractivity contribution in [3.8, 4) is 0 Å². The third kappa shape index (κ3) is 4.09. The van der Waals surface area contributed by atoms with Gasteiger partial charge in [0.2, 0.25) is 10.0 Å². The van der Waals surface area contributed by atoms with Crippen molar-refractivity contribution in [3.63, 3.8) is 0 Å². The number of piperidine rings is 1. The average molecular weight is 249 g/mol. The zero-order valence-electron chi connectivity index (χ0n) is 9.55. The summed E-state index contributed by atoms with van der Waals surface area (Å²) in [5, 5.41) is 8.45. The Morgan fingerprint density at radius 2 is 2.19 bits per heavy atom. The number of hydrogen-bond acceptors (Lipinski definition) is 3.